The highest BCUT2D eigenvalue weighted by Gasteiger charge is 2.26. The van der Waals surface area contributed by atoms with Crippen LogP contribution in [0.5, 0.6) is 0 Å². The molecule has 2 aromatic rings. The van der Waals surface area contributed by atoms with E-state index in [0.717, 1.165) is 15.3 Å². The predicted octanol–water partition coefficient (Wildman–Crippen LogP) is 3.65. The number of hydrogen-bond acceptors (Lipinski definition) is 5. The molecule has 3 rings (SSSR count). The molecular weight excluding hydrogens is 366 g/mol. The van der Waals surface area contributed by atoms with Gasteiger partial charge in [-0.15, -0.1) is 23.1 Å². The largest absolute Gasteiger partial charge is 0.337 e. The molecule has 134 valence electrons. The third-order valence-electron chi connectivity index (χ3n) is 4.21. The third kappa shape index (κ3) is 4.26. The molecule has 26 heavy (non-hydrogen) atoms. The maximum atomic E-state index is 12.3. The van der Waals surface area contributed by atoms with Crippen molar-refractivity contribution in [1.29, 1.82) is 5.26 Å². The Morgan fingerprint density at radius 2 is 2.12 bits per heavy atom. The quantitative estimate of drug-likeness (QED) is 0.798. The molecule has 0 saturated heterocycles. The standard InChI is InChI=1S/C19H19N3O2S2/c1-13(23)22-9-7-15-16(11-20)19(26-17(15)12-22)21-18(24)8-10-25-14-5-3-2-4-6-14/h2-6H,7-10,12H2,1H3,(H,21,24). The number of nitriles is 1. The van der Waals surface area contributed by atoms with Crippen molar-refractivity contribution in [3.8, 4) is 6.07 Å². The zero-order valence-electron chi connectivity index (χ0n) is 14.4. The van der Waals surface area contributed by atoms with Crippen molar-refractivity contribution in [3.63, 3.8) is 0 Å². The SMILES string of the molecule is CC(=O)N1CCc2c(sc(NC(=O)CCSc3ccccc3)c2C#N)C1. The number of nitrogens with zero attached hydrogens (tertiary/aromatic N) is 2. The van der Waals surface area contributed by atoms with Gasteiger partial charge in [0.15, 0.2) is 0 Å². The number of nitrogens with one attached hydrogen (secondary N) is 1. The van der Waals surface area contributed by atoms with E-state index >= 15 is 0 Å². The zero-order chi connectivity index (χ0) is 18.5. The van der Waals surface area contributed by atoms with Crippen LogP contribution in [0.1, 0.15) is 29.3 Å². The van der Waals surface area contributed by atoms with Gasteiger partial charge in [0.05, 0.1) is 12.1 Å². The van der Waals surface area contributed by atoms with Crippen molar-refractivity contribution in [2.75, 3.05) is 17.6 Å². The van der Waals surface area contributed by atoms with Crippen molar-refractivity contribution in [2.24, 2.45) is 0 Å². The first-order valence-corrected chi connectivity index (χ1v) is 10.2. The molecule has 2 heterocycles. The average Bonchev–Trinajstić information content (AvgIpc) is 2.98. The van der Waals surface area contributed by atoms with Gasteiger partial charge in [-0.3, -0.25) is 9.59 Å². The predicted molar refractivity (Wildman–Crippen MR) is 104 cm³/mol. The van der Waals surface area contributed by atoms with Gasteiger partial charge >= 0.3 is 0 Å². The van der Waals surface area contributed by atoms with Crippen molar-refractivity contribution in [1.82, 2.24) is 4.90 Å². The number of hydrogen-bond donors (Lipinski definition) is 1. The first kappa shape index (κ1) is 18.5. The van der Waals surface area contributed by atoms with E-state index in [0.29, 0.717) is 42.2 Å². The Balaban J connectivity index is 1.62. The molecule has 1 aliphatic rings. The van der Waals surface area contributed by atoms with Crippen molar-refractivity contribution in [3.05, 3.63) is 46.3 Å². The van der Waals surface area contributed by atoms with Crippen LogP contribution in [0.3, 0.4) is 0 Å². The second-order valence-corrected chi connectivity index (χ2v) is 8.24. The summed E-state index contributed by atoms with van der Waals surface area (Å²) in [5.41, 5.74) is 1.53. The Morgan fingerprint density at radius 1 is 1.35 bits per heavy atom. The summed E-state index contributed by atoms with van der Waals surface area (Å²) in [4.78, 5) is 27.7. The van der Waals surface area contributed by atoms with Gasteiger partial charge in [-0.1, -0.05) is 18.2 Å². The summed E-state index contributed by atoms with van der Waals surface area (Å²) in [6.45, 7) is 2.69. The Hall–Kier alpha value is -2.30. The molecule has 0 saturated carbocycles. The van der Waals surface area contributed by atoms with Crippen LogP contribution in [0.2, 0.25) is 0 Å². The van der Waals surface area contributed by atoms with Crippen LogP contribution in [0.4, 0.5) is 5.00 Å². The summed E-state index contributed by atoms with van der Waals surface area (Å²) in [6, 6.07) is 12.2. The minimum atomic E-state index is -0.0908. The fourth-order valence-electron chi connectivity index (χ4n) is 2.85. The highest BCUT2D eigenvalue weighted by Crippen LogP contribution is 2.36. The maximum Gasteiger partial charge on any atom is 0.225 e. The van der Waals surface area contributed by atoms with E-state index in [1.807, 2.05) is 30.3 Å². The minimum Gasteiger partial charge on any atom is -0.337 e. The van der Waals surface area contributed by atoms with Gasteiger partial charge in [-0.2, -0.15) is 5.26 Å². The molecule has 1 aliphatic heterocycles. The molecule has 2 amide bonds. The summed E-state index contributed by atoms with van der Waals surface area (Å²) in [7, 11) is 0. The topological polar surface area (TPSA) is 73.2 Å². The number of fused-ring (bicyclic) bond motifs is 1. The lowest BCUT2D eigenvalue weighted by Gasteiger charge is -2.25. The Morgan fingerprint density at radius 3 is 2.81 bits per heavy atom. The number of carbonyl (C=O) groups excluding carboxylic acids is 2. The lowest BCUT2D eigenvalue weighted by Crippen LogP contribution is -2.33. The van der Waals surface area contributed by atoms with Gasteiger partial charge in [-0.05, 0) is 24.1 Å². The van der Waals surface area contributed by atoms with Crippen molar-refractivity contribution >= 4 is 39.9 Å². The van der Waals surface area contributed by atoms with Crippen molar-refractivity contribution in [2.45, 2.75) is 31.2 Å². The van der Waals surface area contributed by atoms with E-state index in [-0.39, 0.29) is 11.8 Å². The Bertz CT molecular complexity index is 856. The van der Waals surface area contributed by atoms with Crippen LogP contribution in [0.15, 0.2) is 35.2 Å². The van der Waals surface area contributed by atoms with Crippen LogP contribution in [0.25, 0.3) is 0 Å². The number of rotatable bonds is 5. The lowest BCUT2D eigenvalue weighted by molar-refractivity contribution is -0.129. The van der Waals surface area contributed by atoms with Crippen LogP contribution in [-0.2, 0) is 22.6 Å². The van der Waals surface area contributed by atoms with Gasteiger partial charge in [0.1, 0.15) is 11.1 Å². The van der Waals surface area contributed by atoms with Gasteiger partial charge in [0.25, 0.3) is 0 Å². The smallest absolute Gasteiger partial charge is 0.225 e. The van der Waals surface area contributed by atoms with E-state index in [2.05, 4.69) is 11.4 Å². The second-order valence-electron chi connectivity index (χ2n) is 5.97. The molecular formula is C19H19N3O2S2. The first-order valence-electron chi connectivity index (χ1n) is 8.36. The first-order chi connectivity index (χ1) is 12.6. The number of amides is 2. The molecule has 0 spiro atoms. The van der Waals surface area contributed by atoms with E-state index in [1.54, 1.807) is 23.6 Å². The van der Waals surface area contributed by atoms with E-state index in [9.17, 15) is 14.9 Å². The highest BCUT2D eigenvalue weighted by atomic mass is 32.2. The molecule has 0 radical (unpaired) electrons. The lowest BCUT2D eigenvalue weighted by atomic mass is 10.0. The summed E-state index contributed by atoms with van der Waals surface area (Å²) in [5, 5.41) is 13.0. The average molecular weight is 386 g/mol. The van der Waals surface area contributed by atoms with Crippen LogP contribution in [0, 0.1) is 11.3 Å². The number of carbonyl (C=O) groups is 2. The third-order valence-corrected chi connectivity index (χ3v) is 6.35. The summed E-state index contributed by atoms with van der Waals surface area (Å²) >= 11 is 3.04. The summed E-state index contributed by atoms with van der Waals surface area (Å²) < 4.78 is 0. The summed E-state index contributed by atoms with van der Waals surface area (Å²) in [6.07, 6.45) is 1.04. The molecule has 1 aromatic heterocycles. The Kier molecular flexibility index (Phi) is 5.96. The fourth-order valence-corrected chi connectivity index (χ4v) is 4.95. The molecule has 0 aliphatic carbocycles. The molecule has 7 heteroatoms. The van der Waals surface area contributed by atoms with Crippen LogP contribution >= 0.6 is 23.1 Å². The minimum absolute atomic E-state index is 0.0334. The summed E-state index contributed by atoms with van der Waals surface area (Å²) in [5.74, 6) is 0.624. The molecule has 0 unspecified atom stereocenters. The van der Waals surface area contributed by atoms with E-state index in [4.69, 9.17) is 0 Å². The fraction of sp³-hybridized carbons (Fsp3) is 0.316. The normalized spacial score (nSPS) is 13.0. The van der Waals surface area contributed by atoms with Crippen molar-refractivity contribution < 1.29 is 9.59 Å². The number of thioether (sulfide) groups is 1. The number of benzene rings is 1. The van der Waals surface area contributed by atoms with Crippen LogP contribution < -0.4 is 5.32 Å². The van der Waals surface area contributed by atoms with E-state index in [1.165, 1.54) is 11.3 Å². The highest BCUT2D eigenvalue weighted by molar-refractivity contribution is 7.99. The number of anilines is 1. The van der Waals surface area contributed by atoms with Gasteiger partial charge in [0, 0.05) is 35.4 Å². The molecule has 1 N–H and O–H groups in total. The maximum absolute atomic E-state index is 12.3. The molecule has 0 fully saturated rings. The van der Waals surface area contributed by atoms with Gasteiger partial charge in [0.2, 0.25) is 11.8 Å². The molecule has 0 bridgehead atoms. The van der Waals surface area contributed by atoms with E-state index < -0.39 is 0 Å². The van der Waals surface area contributed by atoms with Gasteiger partial charge < -0.3 is 10.2 Å². The zero-order valence-corrected chi connectivity index (χ0v) is 16.1. The monoisotopic (exact) mass is 385 g/mol. The molecule has 1 aromatic carbocycles. The molecule has 0 atom stereocenters. The molecule has 5 nitrogen and oxygen atoms in total. The number of thiophene rings is 1. The van der Waals surface area contributed by atoms with Gasteiger partial charge in [-0.25, -0.2) is 0 Å². The Labute approximate surface area is 161 Å². The second kappa shape index (κ2) is 8.39. The van der Waals surface area contributed by atoms with Crippen LogP contribution in [-0.4, -0.2) is 29.0 Å².